The van der Waals surface area contributed by atoms with Crippen LogP contribution in [0, 0.1) is 11.7 Å². The summed E-state index contributed by atoms with van der Waals surface area (Å²) < 4.78 is 14.2. The largest absolute Gasteiger partial charge is 0.368 e. The molecule has 1 saturated carbocycles. The molecule has 2 N–H and O–H groups in total. The van der Waals surface area contributed by atoms with Crippen LogP contribution in [0.15, 0.2) is 18.2 Å². The number of halogens is 1. The van der Waals surface area contributed by atoms with Gasteiger partial charge in [-0.15, -0.1) is 0 Å². The van der Waals surface area contributed by atoms with E-state index in [4.69, 9.17) is 5.73 Å². The fourth-order valence-electron chi connectivity index (χ4n) is 2.62. The fraction of sp³-hybridized carbons (Fsp3) is 0.647. The summed E-state index contributed by atoms with van der Waals surface area (Å²) >= 11 is 0. The second-order valence-electron chi connectivity index (χ2n) is 6.53. The first kappa shape index (κ1) is 15.3. The van der Waals surface area contributed by atoms with Gasteiger partial charge in [-0.3, -0.25) is 0 Å². The van der Waals surface area contributed by atoms with Crippen molar-refractivity contribution in [2.24, 2.45) is 11.7 Å². The molecular weight excluding hydrogens is 251 g/mol. The van der Waals surface area contributed by atoms with Crippen molar-refractivity contribution in [1.82, 2.24) is 0 Å². The molecule has 1 aromatic rings. The predicted octanol–water partition coefficient (Wildman–Crippen LogP) is 3.73. The lowest BCUT2D eigenvalue weighted by Gasteiger charge is -2.28. The summed E-state index contributed by atoms with van der Waals surface area (Å²) in [6, 6.07) is 6.01. The monoisotopic (exact) mass is 278 g/mol. The molecule has 1 aliphatic rings. The number of anilines is 1. The van der Waals surface area contributed by atoms with Gasteiger partial charge in [0.2, 0.25) is 0 Å². The number of benzene rings is 1. The summed E-state index contributed by atoms with van der Waals surface area (Å²) in [4.78, 5) is 2.40. The first-order chi connectivity index (χ1) is 9.49. The van der Waals surface area contributed by atoms with Crippen molar-refractivity contribution >= 4 is 5.69 Å². The third-order valence-corrected chi connectivity index (χ3v) is 3.86. The Morgan fingerprint density at radius 3 is 2.55 bits per heavy atom. The smallest absolute Gasteiger partial charge is 0.128 e. The van der Waals surface area contributed by atoms with Crippen LogP contribution in [-0.2, 0) is 6.42 Å². The molecule has 2 rings (SSSR count). The van der Waals surface area contributed by atoms with E-state index in [1.165, 1.54) is 12.8 Å². The maximum atomic E-state index is 14.2. The van der Waals surface area contributed by atoms with Gasteiger partial charge < -0.3 is 10.6 Å². The minimum Gasteiger partial charge on any atom is -0.368 e. The lowest BCUT2D eigenvalue weighted by atomic mass is 10.0. The van der Waals surface area contributed by atoms with E-state index in [0.717, 1.165) is 24.2 Å². The summed E-state index contributed by atoms with van der Waals surface area (Å²) in [5.74, 6) is 0.552. The number of nitrogens with zero attached hydrogens (tertiary/aromatic N) is 1. The molecule has 0 radical (unpaired) electrons. The van der Waals surface area contributed by atoms with Crippen molar-refractivity contribution in [3.05, 3.63) is 29.6 Å². The van der Waals surface area contributed by atoms with E-state index in [9.17, 15) is 4.39 Å². The Labute approximate surface area is 122 Å². The molecule has 1 atom stereocenters. The maximum Gasteiger partial charge on any atom is 0.128 e. The van der Waals surface area contributed by atoms with Gasteiger partial charge in [0.05, 0.1) is 0 Å². The highest BCUT2D eigenvalue weighted by atomic mass is 19.1. The summed E-state index contributed by atoms with van der Waals surface area (Å²) in [6.07, 6.45) is 4.20. The van der Waals surface area contributed by atoms with E-state index < -0.39 is 0 Å². The Bertz CT molecular complexity index is 439. The molecule has 0 amide bonds. The molecule has 1 aromatic carbocycles. The Kier molecular flexibility index (Phi) is 5.03. The van der Waals surface area contributed by atoms with Gasteiger partial charge in [0, 0.05) is 29.9 Å². The standard InChI is InChI=1S/C17H27FN2/c1-12(2)9-10-20(14-7-8-14)17-6-4-5-16(18)15(17)11-13(3)19/h4-6,12-14H,7-11,19H2,1-3H3. The molecule has 112 valence electrons. The molecule has 2 nitrogen and oxygen atoms in total. The first-order valence-electron chi connectivity index (χ1n) is 7.78. The van der Waals surface area contributed by atoms with Crippen LogP contribution in [0.2, 0.25) is 0 Å². The van der Waals surface area contributed by atoms with Gasteiger partial charge in [-0.25, -0.2) is 4.39 Å². The predicted molar refractivity (Wildman–Crippen MR) is 83.6 cm³/mol. The molecule has 0 bridgehead atoms. The van der Waals surface area contributed by atoms with Crippen LogP contribution in [0.25, 0.3) is 0 Å². The second kappa shape index (κ2) is 6.57. The van der Waals surface area contributed by atoms with Crippen molar-refractivity contribution in [1.29, 1.82) is 0 Å². The topological polar surface area (TPSA) is 29.3 Å². The molecule has 0 heterocycles. The molecule has 1 fully saturated rings. The van der Waals surface area contributed by atoms with Crippen LogP contribution in [0.1, 0.15) is 45.6 Å². The van der Waals surface area contributed by atoms with E-state index in [-0.39, 0.29) is 11.9 Å². The van der Waals surface area contributed by atoms with Gasteiger partial charge in [-0.2, -0.15) is 0 Å². The zero-order valence-electron chi connectivity index (χ0n) is 12.9. The van der Waals surface area contributed by atoms with Gasteiger partial charge in [0.15, 0.2) is 0 Å². The zero-order chi connectivity index (χ0) is 14.7. The molecule has 0 saturated heterocycles. The van der Waals surface area contributed by atoms with Crippen LogP contribution < -0.4 is 10.6 Å². The molecular formula is C17H27FN2. The number of nitrogens with two attached hydrogens (primary N) is 1. The highest BCUT2D eigenvalue weighted by Gasteiger charge is 2.30. The highest BCUT2D eigenvalue weighted by Crippen LogP contribution is 2.35. The number of hydrogen-bond acceptors (Lipinski definition) is 2. The third-order valence-electron chi connectivity index (χ3n) is 3.86. The summed E-state index contributed by atoms with van der Waals surface area (Å²) in [6.45, 7) is 7.42. The van der Waals surface area contributed by atoms with E-state index in [1.807, 2.05) is 13.0 Å². The molecule has 3 heteroatoms. The molecule has 1 unspecified atom stereocenters. The van der Waals surface area contributed by atoms with Crippen molar-refractivity contribution in [3.8, 4) is 0 Å². The SMILES string of the molecule is CC(C)CCN(c1cccc(F)c1CC(C)N)C1CC1. The quantitative estimate of drug-likeness (QED) is 0.823. The molecule has 1 aliphatic carbocycles. The van der Waals surface area contributed by atoms with Gasteiger partial charge in [0.25, 0.3) is 0 Å². The minimum absolute atomic E-state index is 0.0169. The molecule has 0 aromatic heterocycles. The zero-order valence-corrected chi connectivity index (χ0v) is 12.9. The van der Waals surface area contributed by atoms with E-state index in [2.05, 4.69) is 24.8 Å². The lowest BCUT2D eigenvalue weighted by Crippen LogP contribution is -2.30. The van der Waals surface area contributed by atoms with Crippen molar-refractivity contribution < 1.29 is 4.39 Å². The maximum absolute atomic E-state index is 14.2. The van der Waals surface area contributed by atoms with Crippen LogP contribution in [0.5, 0.6) is 0 Å². The average Bonchev–Trinajstić information content (AvgIpc) is 3.17. The minimum atomic E-state index is -0.116. The van der Waals surface area contributed by atoms with Crippen molar-refractivity contribution in [3.63, 3.8) is 0 Å². The van der Waals surface area contributed by atoms with Crippen LogP contribution in [0.3, 0.4) is 0 Å². The fourth-order valence-corrected chi connectivity index (χ4v) is 2.62. The average molecular weight is 278 g/mol. The molecule has 0 spiro atoms. The second-order valence-corrected chi connectivity index (χ2v) is 6.53. The Morgan fingerprint density at radius 2 is 2.00 bits per heavy atom. The highest BCUT2D eigenvalue weighted by molar-refractivity contribution is 5.56. The lowest BCUT2D eigenvalue weighted by molar-refractivity contribution is 0.563. The van der Waals surface area contributed by atoms with Crippen LogP contribution in [-0.4, -0.2) is 18.6 Å². The van der Waals surface area contributed by atoms with E-state index >= 15 is 0 Å². The van der Waals surface area contributed by atoms with Gasteiger partial charge in [0.1, 0.15) is 5.82 Å². The number of rotatable bonds is 7. The number of hydrogen-bond donors (Lipinski definition) is 1. The van der Waals surface area contributed by atoms with E-state index in [0.29, 0.717) is 18.4 Å². The normalized spacial score (nSPS) is 16.5. The van der Waals surface area contributed by atoms with Gasteiger partial charge in [-0.05, 0) is 50.7 Å². The van der Waals surface area contributed by atoms with E-state index in [1.54, 1.807) is 6.07 Å². The van der Waals surface area contributed by atoms with Gasteiger partial charge in [-0.1, -0.05) is 19.9 Å². The Balaban J connectivity index is 2.25. The summed E-state index contributed by atoms with van der Waals surface area (Å²) in [5.41, 5.74) is 7.74. The Morgan fingerprint density at radius 1 is 1.30 bits per heavy atom. The molecule has 0 aliphatic heterocycles. The van der Waals surface area contributed by atoms with Crippen molar-refractivity contribution in [2.75, 3.05) is 11.4 Å². The third kappa shape index (κ3) is 3.95. The van der Waals surface area contributed by atoms with Gasteiger partial charge >= 0.3 is 0 Å². The summed E-state index contributed by atoms with van der Waals surface area (Å²) in [7, 11) is 0. The van der Waals surface area contributed by atoms with Crippen LogP contribution in [0.4, 0.5) is 10.1 Å². The first-order valence-corrected chi connectivity index (χ1v) is 7.78. The Hall–Kier alpha value is -1.09. The van der Waals surface area contributed by atoms with Crippen LogP contribution >= 0.6 is 0 Å². The summed E-state index contributed by atoms with van der Waals surface area (Å²) in [5, 5.41) is 0. The van der Waals surface area contributed by atoms with Crippen molar-refractivity contribution in [2.45, 2.75) is 58.5 Å². The molecule has 20 heavy (non-hydrogen) atoms.